The molecule has 0 heterocycles. The predicted octanol–water partition coefficient (Wildman–Crippen LogP) is 2.77. The smallest absolute Gasteiger partial charge is 0.481 e. The van der Waals surface area contributed by atoms with E-state index in [1.165, 1.54) is 18.2 Å². The molecule has 6 heteroatoms. The first-order valence-electron chi connectivity index (χ1n) is 4.40. The van der Waals surface area contributed by atoms with E-state index in [1.54, 1.807) is 0 Å². The fourth-order valence-electron chi connectivity index (χ4n) is 1.18. The molecule has 0 aromatic heterocycles. The monoisotopic (exact) mass is 234 g/mol. The maximum absolute atomic E-state index is 11.9. The Bertz CT molecular complexity index is 364. The molecule has 0 unspecified atom stereocenters. The van der Waals surface area contributed by atoms with Gasteiger partial charge in [-0.3, -0.25) is 4.79 Å². The molecule has 0 aromatic carbocycles. The Morgan fingerprint density at radius 3 is 2.69 bits per heavy atom. The summed E-state index contributed by atoms with van der Waals surface area (Å²) in [6.07, 6.45) is 0.400. The van der Waals surface area contributed by atoms with Gasteiger partial charge in [0.05, 0.1) is 6.42 Å². The molecule has 3 nitrogen and oxygen atoms in total. The SMILES string of the molecule is O=C(O)CC1=CC=C(OC(F)(F)F)C=CC1. The maximum Gasteiger partial charge on any atom is 0.573 e. The third kappa shape index (κ3) is 4.68. The summed E-state index contributed by atoms with van der Waals surface area (Å²) in [7, 11) is 0. The van der Waals surface area contributed by atoms with Gasteiger partial charge < -0.3 is 9.84 Å². The summed E-state index contributed by atoms with van der Waals surface area (Å²) in [6.45, 7) is 0. The average Bonchev–Trinajstić information content (AvgIpc) is 2.27. The largest absolute Gasteiger partial charge is 0.573 e. The molecule has 0 saturated carbocycles. The minimum Gasteiger partial charge on any atom is -0.481 e. The summed E-state index contributed by atoms with van der Waals surface area (Å²) >= 11 is 0. The first-order valence-corrected chi connectivity index (χ1v) is 4.40. The van der Waals surface area contributed by atoms with Crippen molar-refractivity contribution in [2.24, 2.45) is 0 Å². The number of allylic oxidation sites excluding steroid dienone is 4. The van der Waals surface area contributed by atoms with Crippen molar-refractivity contribution in [3.8, 4) is 0 Å². The maximum atomic E-state index is 11.9. The second-order valence-corrected chi connectivity index (χ2v) is 3.12. The van der Waals surface area contributed by atoms with E-state index in [4.69, 9.17) is 5.11 Å². The van der Waals surface area contributed by atoms with E-state index in [1.807, 2.05) is 0 Å². The summed E-state index contributed by atoms with van der Waals surface area (Å²) < 4.78 is 39.3. The van der Waals surface area contributed by atoms with E-state index in [0.717, 1.165) is 6.08 Å². The number of carboxylic acid groups (broad SMARTS) is 1. The molecule has 0 saturated heterocycles. The van der Waals surface area contributed by atoms with Crippen LogP contribution < -0.4 is 0 Å². The van der Waals surface area contributed by atoms with Gasteiger partial charge in [0.1, 0.15) is 5.76 Å². The van der Waals surface area contributed by atoms with Gasteiger partial charge in [-0.05, 0) is 18.6 Å². The first kappa shape index (κ1) is 12.4. The third-order valence-electron chi connectivity index (χ3n) is 1.76. The Labute approximate surface area is 89.5 Å². The number of ether oxygens (including phenoxy) is 1. The van der Waals surface area contributed by atoms with Gasteiger partial charge in [0, 0.05) is 0 Å². The van der Waals surface area contributed by atoms with Crippen LogP contribution in [0.15, 0.2) is 35.6 Å². The number of rotatable bonds is 3. The van der Waals surface area contributed by atoms with Crippen LogP contribution in [0.4, 0.5) is 13.2 Å². The zero-order valence-corrected chi connectivity index (χ0v) is 8.12. The summed E-state index contributed by atoms with van der Waals surface area (Å²) in [5.74, 6) is -1.37. The van der Waals surface area contributed by atoms with Crippen LogP contribution in [0.5, 0.6) is 0 Å². The highest BCUT2D eigenvalue weighted by atomic mass is 19.4. The van der Waals surface area contributed by atoms with E-state index < -0.39 is 12.3 Å². The lowest BCUT2D eigenvalue weighted by atomic mass is 10.1. The van der Waals surface area contributed by atoms with Crippen LogP contribution in [0.1, 0.15) is 12.8 Å². The van der Waals surface area contributed by atoms with Crippen LogP contribution in [0, 0.1) is 0 Å². The Hall–Kier alpha value is -1.72. The van der Waals surface area contributed by atoms with Crippen LogP contribution >= 0.6 is 0 Å². The van der Waals surface area contributed by atoms with Crippen LogP contribution in [0.25, 0.3) is 0 Å². The number of carboxylic acids is 1. The normalized spacial score (nSPS) is 16.2. The Morgan fingerprint density at radius 2 is 2.12 bits per heavy atom. The molecule has 0 aliphatic heterocycles. The average molecular weight is 234 g/mol. The van der Waals surface area contributed by atoms with Gasteiger partial charge in [0.15, 0.2) is 0 Å². The van der Waals surface area contributed by atoms with Gasteiger partial charge >= 0.3 is 12.3 Å². The molecule has 0 aromatic rings. The van der Waals surface area contributed by atoms with Crippen molar-refractivity contribution >= 4 is 5.97 Å². The molecule has 0 amide bonds. The summed E-state index contributed by atoms with van der Waals surface area (Å²) in [5.41, 5.74) is 0.518. The summed E-state index contributed by atoms with van der Waals surface area (Å²) in [6, 6.07) is 0. The van der Waals surface area contributed by atoms with Gasteiger partial charge in [-0.15, -0.1) is 13.2 Å². The number of hydrogen-bond acceptors (Lipinski definition) is 2. The summed E-state index contributed by atoms with van der Waals surface area (Å²) in [4.78, 5) is 10.4. The highest BCUT2D eigenvalue weighted by Crippen LogP contribution is 2.23. The van der Waals surface area contributed by atoms with Crippen molar-refractivity contribution in [2.75, 3.05) is 0 Å². The van der Waals surface area contributed by atoms with E-state index in [-0.39, 0.29) is 12.2 Å². The van der Waals surface area contributed by atoms with Gasteiger partial charge in [0.25, 0.3) is 0 Å². The van der Waals surface area contributed by atoms with Crippen molar-refractivity contribution in [1.82, 2.24) is 0 Å². The molecule has 1 aliphatic rings. The van der Waals surface area contributed by atoms with E-state index in [9.17, 15) is 18.0 Å². The lowest BCUT2D eigenvalue weighted by Gasteiger charge is -2.08. The van der Waals surface area contributed by atoms with Gasteiger partial charge in [-0.25, -0.2) is 0 Å². The molecule has 1 N–H and O–H groups in total. The highest BCUT2D eigenvalue weighted by molar-refractivity contribution is 5.70. The summed E-state index contributed by atoms with van der Waals surface area (Å²) in [5, 5.41) is 8.51. The van der Waals surface area contributed by atoms with Crippen molar-refractivity contribution in [3.05, 3.63) is 35.6 Å². The van der Waals surface area contributed by atoms with Gasteiger partial charge in [-0.1, -0.05) is 17.7 Å². The van der Waals surface area contributed by atoms with Crippen LogP contribution in [0.2, 0.25) is 0 Å². The molecule has 0 atom stereocenters. The quantitative estimate of drug-likeness (QED) is 0.816. The molecule has 16 heavy (non-hydrogen) atoms. The predicted molar refractivity (Wildman–Crippen MR) is 49.3 cm³/mol. The molecular formula is C10H9F3O3. The lowest BCUT2D eigenvalue weighted by molar-refractivity contribution is -0.303. The Balaban J connectivity index is 2.72. The number of aliphatic carboxylic acids is 1. The van der Waals surface area contributed by atoms with Crippen LogP contribution in [-0.4, -0.2) is 17.4 Å². The number of halogens is 3. The van der Waals surface area contributed by atoms with E-state index >= 15 is 0 Å². The van der Waals surface area contributed by atoms with Crippen LogP contribution in [0.3, 0.4) is 0 Å². The van der Waals surface area contributed by atoms with Gasteiger partial charge in [-0.2, -0.15) is 0 Å². The molecular weight excluding hydrogens is 225 g/mol. The molecule has 1 rings (SSSR count). The minimum atomic E-state index is -4.73. The third-order valence-corrected chi connectivity index (χ3v) is 1.76. The van der Waals surface area contributed by atoms with E-state index in [2.05, 4.69) is 4.74 Å². The second-order valence-electron chi connectivity index (χ2n) is 3.12. The molecule has 0 bridgehead atoms. The van der Waals surface area contributed by atoms with Crippen molar-refractivity contribution in [1.29, 1.82) is 0 Å². The topological polar surface area (TPSA) is 46.5 Å². The molecule has 1 aliphatic carbocycles. The molecule has 88 valence electrons. The van der Waals surface area contributed by atoms with Crippen molar-refractivity contribution < 1.29 is 27.8 Å². The number of carbonyl (C=O) groups is 1. The first-order chi connectivity index (χ1) is 7.37. The van der Waals surface area contributed by atoms with Gasteiger partial charge in [0.2, 0.25) is 0 Å². The second kappa shape index (κ2) is 4.87. The van der Waals surface area contributed by atoms with E-state index in [0.29, 0.717) is 12.0 Å². The molecule has 0 spiro atoms. The zero-order chi connectivity index (χ0) is 12.2. The fourth-order valence-corrected chi connectivity index (χ4v) is 1.18. The number of hydrogen-bond donors (Lipinski definition) is 1. The van der Waals surface area contributed by atoms with Crippen molar-refractivity contribution in [3.63, 3.8) is 0 Å². The number of alkyl halides is 3. The Morgan fingerprint density at radius 1 is 1.44 bits per heavy atom. The zero-order valence-electron chi connectivity index (χ0n) is 8.12. The Kier molecular flexibility index (Phi) is 3.76. The fraction of sp³-hybridized carbons (Fsp3) is 0.300. The lowest BCUT2D eigenvalue weighted by Crippen LogP contribution is -2.11. The molecule has 0 fully saturated rings. The molecule has 0 radical (unpaired) electrons. The minimum absolute atomic E-state index is 0.194. The standard InChI is InChI=1S/C10H9F3O3/c11-10(12,13)16-8-3-1-2-7(4-5-8)6-9(14)15/h1,3-5H,2,6H2,(H,14,15). The van der Waals surface area contributed by atoms with Crippen LogP contribution in [-0.2, 0) is 9.53 Å². The van der Waals surface area contributed by atoms with Crippen molar-refractivity contribution in [2.45, 2.75) is 19.2 Å². The highest BCUT2D eigenvalue weighted by Gasteiger charge is 2.31.